The molecule has 1 fully saturated rings. The first-order valence-corrected chi connectivity index (χ1v) is 18.5. The van der Waals surface area contributed by atoms with Crippen LogP contribution >= 0.6 is 7.82 Å². The van der Waals surface area contributed by atoms with Crippen molar-refractivity contribution in [2.75, 3.05) is 6.61 Å². The van der Waals surface area contributed by atoms with Gasteiger partial charge in [0.05, 0.1) is 12.7 Å². The molecule has 5 N–H and O–H groups in total. The van der Waals surface area contributed by atoms with Crippen LogP contribution in [0.3, 0.4) is 0 Å². The van der Waals surface area contributed by atoms with Crippen molar-refractivity contribution in [1.29, 1.82) is 0 Å². The number of alkyl halides is 34. The zero-order valence-corrected chi connectivity index (χ0v) is 33.1. The zero-order chi connectivity index (χ0) is 57.6. The van der Waals surface area contributed by atoms with Crippen LogP contribution in [-0.2, 0) is 18.3 Å². The van der Waals surface area contributed by atoms with Crippen molar-refractivity contribution in [3.05, 3.63) is 0 Å². The average Bonchev–Trinajstić information content (AvgIpc) is 3.17. The summed E-state index contributed by atoms with van der Waals surface area (Å²) in [4.78, 5) is 9.81. The maximum Gasteiger partial charge on any atom is 0.472 e. The summed E-state index contributed by atoms with van der Waals surface area (Å²) < 4.78 is 489. The number of aliphatic hydroxyl groups is 4. The van der Waals surface area contributed by atoms with Crippen molar-refractivity contribution in [2.45, 2.75) is 158 Å². The lowest BCUT2D eigenvalue weighted by Crippen LogP contribution is -2.74. The van der Waals surface area contributed by atoms with Gasteiger partial charge in [-0.3, -0.25) is 9.05 Å². The molecule has 1 aliphatic heterocycles. The van der Waals surface area contributed by atoms with Gasteiger partial charge in [0, 0.05) is 12.8 Å². The fraction of sp³-hybridized carbons (Fsp3) is 1.00. The van der Waals surface area contributed by atoms with E-state index in [9.17, 15) is 179 Å². The van der Waals surface area contributed by atoms with E-state index in [4.69, 9.17) is 0 Å². The molecule has 0 aliphatic carbocycles. The van der Waals surface area contributed by atoms with E-state index in [2.05, 4.69) is 13.8 Å². The second-order valence-corrected chi connectivity index (χ2v) is 15.8. The summed E-state index contributed by atoms with van der Waals surface area (Å²) in [5.41, 5.74) is 0. The number of hydrogen-bond acceptors (Lipinski definition) is 8. The third-order valence-electron chi connectivity index (χ3n) is 9.51. The normalized spacial score (nSPS) is 23.4. The molecule has 44 heteroatoms. The average molecular weight is 1170 g/mol. The lowest BCUT2D eigenvalue weighted by molar-refractivity contribution is -0.462. The number of hydrogen-bond donors (Lipinski definition) is 5. The molecule has 9 nitrogen and oxygen atoms in total. The summed E-state index contributed by atoms with van der Waals surface area (Å²) in [6.07, 6.45) is -48.2. The van der Waals surface area contributed by atoms with Crippen LogP contribution in [0.15, 0.2) is 0 Å². The third-order valence-corrected chi connectivity index (χ3v) is 10.5. The molecule has 6 atom stereocenters. The van der Waals surface area contributed by atoms with Crippen LogP contribution in [0.2, 0.25) is 0 Å². The van der Waals surface area contributed by atoms with E-state index in [0.29, 0.717) is 0 Å². The van der Waals surface area contributed by atoms with E-state index in [1.807, 2.05) is 0 Å². The van der Waals surface area contributed by atoms with Gasteiger partial charge < -0.3 is 30.1 Å². The highest BCUT2D eigenvalue weighted by Crippen LogP contribution is 2.67. The number of phosphoric acid groups is 1. The van der Waals surface area contributed by atoms with Crippen LogP contribution < -0.4 is 0 Å². The van der Waals surface area contributed by atoms with E-state index >= 15 is 0 Å². The predicted octanol–water partition coefficient (Wildman–Crippen LogP) is 9.87. The summed E-state index contributed by atoms with van der Waals surface area (Å²) in [5.74, 6) is -124. The maximum absolute atomic E-state index is 14.6. The Labute approximate surface area is 366 Å². The van der Waals surface area contributed by atoms with Crippen molar-refractivity contribution in [3.8, 4) is 0 Å². The minimum Gasteiger partial charge on any atom is -0.387 e. The second kappa shape index (κ2) is 19.0. The Kier molecular flexibility index (Phi) is 17.8. The molecule has 0 aromatic carbocycles. The van der Waals surface area contributed by atoms with Gasteiger partial charge in [-0.1, -0.05) is 0 Å². The molecule has 1 unspecified atom stereocenters. The summed E-state index contributed by atoms with van der Waals surface area (Å²) in [6, 6.07) is 0. The van der Waals surface area contributed by atoms with Crippen molar-refractivity contribution in [1.82, 2.24) is 0 Å². The van der Waals surface area contributed by atoms with Crippen molar-refractivity contribution in [2.24, 2.45) is 0 Å². The highest BCUT2D eigenvalue weighted by Gasteiger charge is 2.97. The first kappa shape index (κ1) is 66.5. The Morgan fingerprint density at radius 3 is 0.915 bits per heavy atom. The smallest absolute Gasteiger partial charge is 0.387 e. The Hall–Kier alpha value is -2.47. The molecular formula is C27H21F34O9P. The largest absolute Gasteiger partial charge is 0.472 e. The Balaban J connectivity index is 3.89. The predicted molar refractivity (Wildman–Crippen MR) is 149 cm³/mol. The van der Waals surface area contributed by atoms with Crippen molar-refractivity contribution >= 4 is 7.82 Å². The van der Waals surface area contributed by atoms with Crippen molar-refractivity contribution < 1.29 is 193 Å². The highest BCUT2D eigenvalue weighted by atomic mass is 31.2. The van der Waals surface area contributed by atoms with E-state index in [-0.39, 0.29) is 0 Å². The van der Waals surface area contributed by atoms with E-state index < -0.39 is 172 Å². The van der Waals surface area contributed by atoms with Crippen LogP contribution in [0.25, 0.3) is 0 Å². The molecule has 1 saturated heterocycles. The van der Waals surface area contributed by atoms with Gasteiger partial charge in [0.1, 0.15) is 24.4 Å². The molecule has 1 heterocycles. The van der Waals surface area contributed by atoms with Crippen LogP contribution in [0, 0.1) is 0 Å². The van der Waals surface area contributed by atoms with E-state index in [0.717, 1.165) is 0 Å². The monoisotopic (exact) mass is 1170 g/mol. The van der Waals surface area contributed by atoms with E-state index in [1.165, 1.54) is 0 Å². The number of aliphatic hydroxyl groups excluding tert-OH is 4. The lowest BCUT2D eigenvalue weighted by atomic mass is 9.86. The van der Waals surface area contributed by atoms with Gasteiger partial charge in [-0.15, -0.1) is 0 Å². The van der Waals surface area contributed by atoms with Gasteiger partial charge in [0.15, 0.2) is 6.29 Å². The first-order chi connectivity index (χ1) is 30.5. The molecule has 1 rings (SSSR count). The standard InChI is InChI=1S/C27H21F34O9P/c28-12(29,14(32,33)16(36,37)18(40,41)20(44,45)22(48,49)24(52,53)26(56,57)58)3-1-6(70-71(66,67)68-5-7-8(62)9(63)10(64)11(65)69-7)2-4-13(30,31)15(34,35)17(38,39)19(42,43)21(46,47)23(50,51)25(54,55)27(59,60)61/h6-11,62-65H,1-5H2,(H,66,67)/t7-,8+,9+,10-,11-/m1/s1. The summed E-state index contributed by atoms with van der Waals surface area (Å²) >= 11 is 0. The molecule has 71 heavy (non-hydrogen) atoms. The lowest BCUT2D eigenvalue weighted by Gasteiger charge is -2.43. The van der Waals surface area contributed by atoms with Gasteiger partial charge in [-0.25, -0.2) is 4.57 Å². The summed E-state index contributed by atoms with van der Waals surface area (Å²) in [5, 5.41) is 38.1. The minimum absolute atomic E-state index is 2.06. The highest BCUT2D eigenvalue weighted by molar-refractivity contribution is 7.47. The van der Waals surface area contributed by atoms with Gasteiger partial charge in [-0.2, -0.15) is 149 Å². The van der Waals surface area contributed by atoms with Gasteiger partial charge >= 0.3 is 103 Å². The maximum atomic E-state index is 14.6. The summed E-state index contributed by atoms with van der Waals surface area (Å²) in [6.45, 7) is -2.06. The van der Waals surface area contributed by atoms with Crippen LogP contribution in [0.4, 0.5) is 149 Å². The van der Waals surface area contributed by atoms with Gasteiger partial charge in [0.25, 0.3) is 0 Å². The molecular weight excluding hydrogens is 1150 g/mol. The fourth-order valence-corrected chi connectivity index (χ4v) is 6.08. The number of rotatable bonds is 23. The van der Waals surface area contributed by atoms with Crippen LogP contribution in [0.5, 0.6) is 0 Å². The van der Waals surface area contributed by atoms with Gasteiger partial charge in [0.2, 0.25) is 0 Å². The molecule has 1 aliphatic rings. The summed E-state index contributed by atoms with van der Waals surface area (Å²) in [7, 11) is -6.91. The Morgan fingerprint density at radius 1 is 0.394 bits per heavy atom. The molecule has 0 saturated carbocycles. The second-order valence-electron chi connectivity index (χ2n) is 14.4. The van der Waals surface area contributed by atoms with Crippen molar-refractivity contribution in [3.63, 3.8) is 0 Å². The SMILES string of the molecule is O=P(O)(OC[C@H]1O[C@@H](O)[C@H](O)[C@@H](O)[C@H]1O)OC(CCC(F)(F)C(F)(F)C(F)(F)C(F)(F)C(F)(F)C(F)(F)C(F)(F)C(F)(F)F)CCC(F)(F)C(F)(F)C(F)(F)C(F)(F)C(F)(F)C(F)(F)C(F)(F)C(F)(F)F. The Bertz CT molecular complexity index is 1780. The topological polar surface area (TPSA) is 146 Å². The van der Waals surface area contributed by atoms with Gasteiger partial charge in [-0.05, 0) is 12.8 Å². The first-order valence-electron chi connectivity index (χ1n) is 17.0. The number of ether oxygens (including phenoxy) is 1. The van der Waals surface area contributed by atoms with Crippen LogP contribution in [-0.4, -0.2) is 164 Å². The molecule has 0 radical (unpaired) electrons. The molecule has 0 aromatic rings. The zero-order valence-electron chi connectivity index (χ0n) is 32.2. The Morgan fingerprint density at radius 2 is 0.648 bits per heavy atom. The molecule has 0 amide bonds. The number of halogens is 34. The molecule has 0 bridgehead atoms. The molecule has 0 aromatic heterocycles. The minimum atomic E-state index is -9.32. The number of phosphoric ester groups is 1. The molecule has 426 valence electrons. The quantitative estimate of drug-likeness (QED) is 0.0499. The fourth-order valence-electron chi connectivity index (χ4n) is 5.10. The van der Waals surface area contributed by atoms with E-state index in [1.54, 1.807) is 0 Å². The molecule has 0 spiro atoms. The van der Waals surface area contributed by atoms with Crippen LogP contribution in [0.1, 0.15) is 25.7 Å². The third kappa shape index (κ3) is 10.5.